The summed E-state index contributed by atoms with van der Waals surface area (Å²) in [6.45, 7) is 3.70. The van der Waals surface area contributed by atoms with Gasteiger partial charge in [0, 0.05) is 29.2 Å². The summed E-state index contributed by atoms with van der Waals surface area (Å²) >= 11 is 0. The standard InChI is InChI=1S/C28H27F6N3O7/c1-13(2)17-12-35-20-6-5-15(11-16(17)20)44-23-18(27(29,30)31)9-14(10-19(23)28(32,33)34)36-24(39)25(40)37-21(26(41)43-4)7-8-22(38)42-3/h5-6,9-13,21,35H,7-8H2,1-4H3,(H,36,39)(H,37,40). The van der Waals surface area contributed by atoms with Crippen molar-refractivity contribution in [3.05, 3.63) is 53.2 Å². The molecule has 3 N–H and O–H groups in total. The van der Waals surface area contributed by atoms with E-state index in [-0.39, 0.29) is 36.6 Å². The lowest BCUT2D eigenvalue weighted by Crippen LogP contribution is -2.46. The van der Waals surface area contributed by atoms with Crippen LogP contribution in [0.5, 0.6) is 11.5 Å². The molecule has 2 amide bonds. The number of methoxy groups -OCH3 is 2. The number of hydrogen-bond acceptors (Lipinski definition) is 7. The third kappa shape index (κ3) is 7.99. The molecular weight excluding hydrogens is 604 g/mol. The van der Waals surface area contributed by atoms with E-state index >= 15 is 0 Å². The zero-order valence-electron chi connectivity index (χ0n) is 23.7. The summed E-state index contributed by atoms with van der Waals surface area (Å²) in [4.78, 5) is 51.2. The number of nitrogens with one attached hydrogen (secondary N) is 3. The Balaban J connectivity index is 1.98. The minimum Gasteiger partial charge on any atom is -0.469 e. The number of hydrogen-bond donors (Lipinski definition) is 3. The highest BCUT2D eigenvalue weighted by Crippen LogP contribution is 2.47. The van der Waals surface area contributed by atoms with Crippen LogP contribution >= 0.6 is 0 Å². The lowest BCUT2D eigenvalue weighted by Gasteiger charge is -2.21. The highest BCUT2D eigenvalue weighted by Gasteiger charge is 2.43. The van der Waals surface area contributed by atoms with Gasteiger partial charge in [0.2, 0.25) is 0 Å². The van der Waals surface area contributed by atoms with Gasteiger partial charge in [0.15, 0.2) is 5.75 Å². The molecule has 0 spiro atoms. The maximum absolute atomic E-state index is 14.1. The van der Waals surface area contributed by atoms with Crippen LogP contribution in [0.4, 0.5) is 32.0 Å². The number of ether oxygens (including phenoxy) is 3. The molecule has 1 aromatic heterocycles. The average Bonchev–Trinajstić information content (AvgIpc) is 3.37. The molecule has 0 aliphatic heterocycles. The van der Waals surface area contributed by atoms with Crippen LogP contribution in [-0.4, -0.2) is 49.0 Å². The number of esters is 2. The van der Waals surface area contributed by atoms with Gasteiger partial charge in [-0.15, -0.1) is 0 Å². The Hall–Kier alpha value is -4.76. The minimum absolute atomic E-state index is 0.0219. The number of halogens is 6. The molecule has 10 nitrogen and oxygen atoms in total. The number of carbonyl (C=O) groups is 4. The van der Waals surface area contributed by atoms with E-state index in [2.05, 4.69) is 14.5 Å². The number of aromatic nitrogens is 1. The van der Waals surface area contributed by atoms with Crippen molar-refractivity contribution in [2.45, 2.75) is 51.0 Å². The summed E-state index contributed by atoms with van der Waals surface area (Å²) < 4.78 is 98.8. The number of H-pyrrole nitrogens is 1. The third-order valence-corrected chi connectivity index (χ3v) is 6.35. The van der Waals surface area contributed by atoms with Gasteiger partial charge in [0.05, 0.1) is 14.2 Å². The van der Waals surface area contributed by atoms with Gasteiger partial charge in [-0.1, -0.05) is 13.8 Å². The third-order valence-electron chi connectivity index (χ3n) is 6.35. The number of aromatic amines is 1. The first-order valence-corrected chi connectivity index (χ1v) is 12.8. The predicted molar refractivity (Wildman–Crippen MR) is 143 cm³/mol. The summed E-state index contributed by atoms with van der Waals surface area (Å²) in [6, 6.07) is 2.74. The molecule has 16 heteroatoms. The quantitative estimate of drug-likeness (QED) is 0.157. The molecule has 0 saturated heterocycles. The molecule has 238 valence electrons. The van der Waals surface area contributed by atoms with Crippen LogP contribution in [0.25, 0.3) is 10.9 Å². The Morgan fingerprint density at radius 1 is 0.886 bits per heavy atom. The van der Waals surface area contributed by atoms with Crippen LogP contribution in [-0.2, 0) is 41.0 Å². The number of anilines is 1. The smallest absolute Gasteiger partial charge is 0.420 e. The van der Waals surface area contributed by atoms with Crippen molar-refractivity contribution in [2.75, 3.05) is 19.5 Å². The Kier molecular flexibility index (Phi) is 10.2. The van der Waals surface area contributed by atoms with Crippen molar-refractivity contribution in [1.29, 1.82) is 0 Å². The molecule has 0 bridgehead atoms. The summed E-state index contributed by atoms with van der Waals surface area (Å²) in [7, 11) is 2.01. The zero-order chi connectivity index (χ0) is 33.0. The van der Waals surface area contributed by atoms with Gasteiger partial charge >= 0.3 is 36.1 Å². The van der Waals surface area contributed by atoms with E-state index in [0.29, 0.717) is 10.9 Å². The molecule has 1 heterocycles. The molecule has 3 rings (SSSR count). The maximum Gasteiger partial charge on any atom is 0.420 e. The van der Waals surface area contributed by atoms with E-state index in [1.165, 1.54) is 18.2 Å². The minimum atomic E-state index is -5.40. The van der Waals surface area contributed by atoms with Crippen LogP contribution in [0, 0.1) is 0 Å². The van der Waals surface area contributed by atoms with Crippen molar-refractivity contribution in [3.8, 4) is 11.5 Å². The fourth-order valence-electron chi connectivity index (χ4n) is 4.18. The lowest BCUT2D eigenvalue weighted by molar-refractivity contribution is -0.148. The number of rotatable bonds is 9. The monoisotopic (exact) mass is 631 g/mol. The van der Waals surface area contributed by atoms with Gasteiger partial charge in [0.1, 0.15) is 22.9 Å². The summed E-state index contributed by atoms with van der Waals surface area (Å²) in [6.07, 6.45) is -9.90. The first-order valence-electron chi connectivity index (χ1n) is 12.8. The van der Waals surface area contributed by atoms with Gasteiger partial charge in [-0.2, -0.15) is 26.3 Å². The predicted octanol–water partition coefficient (Wildman–Crippen LogP) is 5.67. The maximum atomic E-state index is 14.1. The molecular formula is C28H27F6N3O7. The Bertz CT molecular complexity index is 1530. The van der Waals surface area contributed by atoms with Crippen LogP contribution in [0.1, 0.15) is 49.3 Å². The topological polar surface area (TPSA) is 136 Å². The number of benzene rings is 2. The van der Waals surface area contributed by atoms with E-state index in [9.17, 15) is 45.5 Å². The van der Waals surface area contributed by atoms with Gasteiger partial charge in [-0.3, -0.25) is 14.4 Å². The van der Waals surface area contributed by atoms with E-state index in [1.807, 2.05) is 19.2 Å². The van der Waals surface area contributed by atoms with E-state index in [1.54, 1.807) is 11.5 Å². The number of carbonyl (C=O) groups excluding carboxylic acids is 4. The fourth-order valence-corrected chi connectivity index (χ4v) is 4.18. The van der Waals surface area contributed by atoms with Crippen LogP contribution in [0.15, 0.2) is 36.5 Å². The average molecular weight is 632 g/mol. The Morgan fingerprint density at radius 2 is 1.50 bits per heavy atom. The van der Waals surface area contributed by atoms with Crippen molar-refractivity contribution in [3.63, 3.8) is 0 Å². The molecule has 3 aromatic rings. The first-order chi connectivity index (χ1) is 20.5. The van der Waals surface area contributed by atoms with E-state index in [0.717, 1.165) is 19.8 Å². The molecule has 2 aromatic carbocycles. The van der Waals surface area contributed by atoms with Gasteiger partial charge < -0.3 is 29.8 Å². The van der Waals surface area contributed by atoms with E-state index in [4.69, 9.17) is 4.74 Å². The van der Waals surface area contributed by atoms with Crippen molar-refractivity contribution < 1.29 is 59.7 Å². The number of amides is 2. The second kappa shape index (κ2) is 13.3. The Morgan fingerprint density at radius 3 is 2.02 bits per heavy atom. The second-order valence-electron chi connectivity index (χ2n) is 9.72. The number of fused-ring (bicyclic) bond motifs is 1. The highest BCUT2D eigenvalue weighted by molar-refractivity contribution is 6.40. The molecule has 1 atom stereocenters. The number of alkyl halides is 6. The summed E-state index contributed by atoms with van der Waals surface area (Å²) in [5.74, 6) is -7.05. The summed E-state index contributed by atoms with van der Waals surface area (Å²) in [5, 5.41) is 4.14. The van der Waals surface area contributed by atoms with Crippen molar-refractivity contribution in [1.82, 2.24) is 10.3 Å². The highest BCUT2D eigenvalue weighted by atomic mass is 19.4. The molecule has 0 fully saturated rings. The van der Waals surface area contributed by atoms with Gasteiger partial charge in [0.25, 0.3) is 0 Å². The van der Waals surface area contributed by atoms with Gasteiger partial charge in [-0.25, -0.2) is 4.79 Å². The molecule has 0 aliphatic rings. The second-order valence-corrected chi connectivity index (χ2v) is 9.72. The van der Waals surface area contributed by atoms with Crippen molar-refractivity contribution in [2.24, 2.45) is 0 Å². The first kappa shape index (κ1) is 33.7. The SMILES string of the molecule is COC(=O)CCC(NC(=O)C(=O)Nc1cc(C(F)(F)F)c(Oc2ccc3[nH]cc(C(C)C)c3c2)c(C(F)(F)F)c1)C(=O)OC. The molecule has 1 unspecified atom stereocenters. The molecule has 0 aliphatic carbocycles. The van der Waals surface area contributed by atoms with Gasteiger partial charge in [-0.05, 0) is 48.2 Å². The molecule has 44 heavy (non-hydrogen) atoms. The van der Waals surface area contributed by atoms with Crippen LogP contribution < -0.4 is 15.4 Å². The van der Waals surface area contributed by atoms with E-state index < -0.39 is 64.7 Å². The molecule has 0 radical (unpaired) electrons. The largest absolute Gasteiger partial charge is 0.469 e. The zero-order valence-corrected chi connectivity index (χ0v) is 23.7. The fraction of sp³-hybridized carbons (Fsp3) is 0.357. The van der Waals surface area contributed by atoms with Crippen LogP contribution in [0.2, 0.25) is 0 Å². The Labute approximate surface area is 246 Å². The normalized spacial score (nSPS) is 12.5. The van der Waals surface area contributed by atoms with Crippen LogP contribution in [0.3, 0.4) is 0 Å². The summed E-state index contributed by atoms with van der Waals surface area (Å²) in [5.41, 5.74) is -3.46. The van der Waals surface area contributed by atoms with Crippen molar-refractivity contribution >= 4 is 40.3 Å². The lowest BCUT2D eigenvalue weighted by atomic mass is 10.0. The molecule has 0 saturated carbocycles.